The Balaban J connectivity index is 1.27. The third-order valence-electron chi connectivity index (χ3n) is 7.96. The molecular formula is C28H43F3O2. The third-order valence-corrected chi connectivity index (χ3v) is 7.96. The molecule has 0 heterocycles. The van der Waals surface area contributed by atoms with Gasteiger partial charge in [-0.05, 0) is 86.5 Å². The molecule has 5 heteroatoms. The molecule has 2 nitrogen and oxygen atoms in total. The summed E-state index contributed by atoms with van der Waals surface area (Å²) in [5, 5.41) is 0. The first-order chi connectivity index (χ1) is 15.9. The van der Waals surface area contributed by atoms with Gasteiger partial charge in [-0.3, -0.25) is 0 Å². The highest BCUT2D eigenvalue weighted by molar-refractivity contribution is 5.31. The molecule has 0 bridgehead atoms. The van der Waals surface area contributed by atoms with Crippen molar-refractivity contribution in [1.29, 1.82) is 0 Å². The highest BCUT2D eigenvalue weighted by atomic mass is 19.4. The largest absolute Gasteiger partial charge is 0.573 e. The first-order valence-corrected chi connectivity index (χ1v) is 13.4. The van der Waals surface area contributed by atoms with Crippen LogP contribution in [0, 0.1) is 23.7 Å². The molecule has 33 heavy (non-hydrogen) atoms. The fraction of sp³-hybridized carbons (Fsp3) is 0.786. The topological polar surface area (TPSA) is 18.5 Å². The molecule has 0 aromatic heterocycles. The van der Waals surface area contributed by atoms with E-state index in [1.165, 1.54) is 108 Å². The molecule has 0 unspecified atom stereocenters. The number of rotatable bonds is 12. The minimum atomic E-state index is -4.66. The van der Waals surface area contributed by atoms with E-state index in [1.54, 1.807) is 12.1 Å². The van der Waals surface area contributed by atoms with Gasteiger partial charge in [0.1, 0.15) is 11.5 Å². The predicted octanol–water partition coefficient (Wildman–Crippen LogP) is 9.33. The molecule has 2 saturated carbocycles. The molecule has 0 N–H and O–H groups in total. The second-order valence-corrected chi connectivity index (χ2v) is 10.4. The van der Waals surface area contributed by atoms with Crippen molar-refractivity contribution in [1.82, 2.24) is 0 Å². The predicted molar refractivity (Wildman–Crippen MR) is 128 cm³/mol. The van der Waals surface area contributed by atoms with E-state index in [2.05, 4.69) is 11.7 Å². The fourth-order valence-electron chi connectivity index (χ4n) is 5.94. The van der Waals surface area contributed by atoms with Gasteiger partial charge in [0.15, 0.2) is 0 Å². The average Bonchev–Trinajstić information content (AvgIpc) is 2.81. The van der Waals surface area contributed by atoms with Crippen LogP contribution in [0.4, 0.5) is 13.2 Å². The molecular weight excluding hydrogens is 425 g/mol. The molecule has 1 aromatic rings. The summed E-state index contributed by atoms with van der Waals surface area (Å²) >= 11 is 0. The van der Waals surface area contributed by atoms with Gasteiger partial charge in [-0.15, -0.1) is 13.2 Å². The Morgan fingerprint density at radius 3 is 1.79 bits per heavy atom. The van der Waals surface area contributed by atoms with Crippen molar-refractivity contribution in [2.24, 2.45) is 23.7 Å². The Hall–Kier alpha value is -1.39. The Morgan fingerprint density at radius 2 is 1.21 bits per heavy atom. The molecule has 0 saturated heterocycles. The van der Waals surface area contributed by atoms with Crippen LogP contribution in [0.25, 0.3) is 0 Å². The second kappa shape index (κ2) is 13.5. The maximum atomic E-state index is 12.3. The Morgan fingerprint density at radius 1 is 0.697 bits per heavy atom. The van der Waals surface area contributed by atoms with Gasteiger partial charge in [-0.25, -0.2) is 0 Å². The maximum Gasteiger partial charge on any atom is 0.573 e. The number of unbranched alkanes of at least 4 members (excludes halogenated alkanes) is 5. The summed E-state index contributed by atoms with van der Waals surface area (Å²) in [5.41, 5.74) is 0. The van der Waals surface area contributed by atoms with Crippen molar-refractivity contribution in [3.63, 3.8) is 0 Å². The summed E-state index contributed by atoms with van der Waals surface area (Å²) in [6, 6.07) is 5.72. The molecule has 0 atom stereocenters. The monoisotopic (exact) mass is 468 g/mol. The van der Waals surface area contributed by atoms with E-state index < -0.39 is 6.36 Å². The normalized spacial score (nSPS) is 26.2. The molecule has 0 aliphatic heterocycles. The quantitative estimate of drug-likeness (QED) is 0.285. The molecule has 3 rings (SSSR count). The minimum absolute atomic E-state index is 0.211. The number of halogens is 3. The van der Waals surface area contributed by atoms with Crippen LogP contribution in [0.5, 0.6) is 11.5 Å². The van der Waals surface area contributed by atoms with Crippen molar-refractivity contribution in [3.8, 4) is 11.5 Å². The van der Waals surface area contributed by atoms with E-state index in [4.69, 9.17) is 4.74 Å². The van der Waals surface area contributed by atoms with Gasteiger partial charge in [-0.1, -0.05) is 64.7 Å². The highest BCUT2D eigenvalue weighted by Crippen LogP contribution is 2.42. The lowest BCUT2D eigenvalue weighted by Crippen LogP contribution is -2.27. The van der Waals surface area contributed by atoms with Crippen LogP contribution >= 0.6 is 0 Å². The maximum absolute atomic E-state index is 12.3. The number of benzene rings is 1. The van der Waals surface area contributed by atoms with Gasteiger partial charge in [0, 0.05) is 0 Å². The van der Waals surface area contributed by atoms with Gasteiger partial charge in [-0.2, -0.15) is 0 Å². The van der Waals surface area contributed by atoms with Crippen LogP contribution in [0.15, 0.2) is 24.3 Å². The minimum Gasteiger partial charge on any atom is -0.493 e. The van der Waals surface area contributed by atoms with E-state index in [0.717, 1.165) is 17.8 Å². The summed E-state index contributed by atoms with van der Waals surface area (Å²) in [4.78, 5) is 0. The molecule has 0 radical (unpaired) electrons. The molecule has 2 aliphatic rings. The van der Waals surface area contributed by atoms with Gasteiger partial charge < -0.3 is 9.47 Å². The molecule has 0 spiro atoms. The van der Waals surface area contributed by atoms with E-state index in [9.17, 15) is 13.2 Å². The Kier molecular flexibility index (Phi) is 10.7. The molecule has 2 fully saturated rings. The van der Waals surface area contributed by atoms with Crippen LogP contribution in [0.1, 0.15) is 103 Å². The lowest BCUT2D eigenvalue weighted by Gasteiger charge is -2.38. The number of ether oxygens (including phenoxy) is 2. The number of hydrogen-bond donors (Lipinski definition) is 0. The zero-order valence-electron chi connectivity index (χ0n) is 20.4. The molecule has 2 aliphatic carbocycles. The molecule has 0 amide bonds. The summed E-state index contributed by atoms with van der Waals surface area (Å²) in [5.74, 6) is 3.73. The standard InChI is InChI=1S/C28H43F3O2/c1-2-3-4-5-6-7-8-22-9-13-24(14-10-22)25-15-11-23(12-16-25)21-32-26-17-19-27(20-18-26)33-28(29,30)31/h17-20,22-25H,2-16,21H2,1H3. The number of hydrogen-bond acceptors (Lipinski definition) is 2. The summed E-state index contributed by atoms with van der Waals surface area (Å²) in [7, 11) is 0. The fourth-order valence-corrected chi connectivity index (χ4v) is 5.94. The van der Waals surface area contributed by atoms with Crippen molar-refractivity contribution < 1.29 is 22.6 Å². The van der Waals surface area contributed by atoms with Gasteiger partial charge in [0.05, 0.1) is 6.61 Å². The summed E-state index contributed by atoms with van der Waals surface area (Å²) in [6.45, 7) is 2.93. The third kappa shape index (κ3) is 9.78. The SMILES string of the molecule is CCCCCCCCC1CCC(C2CCC(COc3ccc(OC(F)(F)F)cc3)CC2)CC1. The van der Waals surface area contributed by atoms with E-state index in [1.807, 2.05) is 0 Å². The van der Waals surface area contributed by atoms with Crippen molar-refractivity contribution in [2.45, 2.75) is 110 Å². The smallest absolute Gasteiger partial charge is 0.493 e. The van der Waals surface area contributed by atoms with Crippen molar-refractivity contribution >= 4 is 0 Å². The summed E-state index contributed by atoms with van der Waals surface area (Å²) < 4.78 is 46.6. The zero-order valence-corrected chi connectivity index (χ0v) is 20.4. The summed E-state index contributed by atoms with van der Waals surface area (Å²) in [6.07, 6.45) is 16.0. The second-order valence-electron chi connectivity index (χ2n) is 10.4. The van der Waals surface area contributed by atoms with Gasteiger partial charge >= 0.3 is 6.36 Å². The Labute approximate surface area is 198 Å². The first-order valence-electron chi connectivity index (χ1n) is 13.4. The highest BCUT2D eigenvalue weighted by Gasteiger charge is 2.32. The zero-order chi connectivity index (χ0) is 23.5. The Bertz CT molecular complexity index is 642. The van der Waals surface area contributed by atoms with Crippen molar-refractivity contribution in [2.75, 3.05) is 6.61 Å². The van der Waals surface area contributed by atoms with Crippen LogP contribution in [0.3, 0.4) is 0 Å². The lowest BCUT2D eigenvalue weighted by atomic mass is 9.69. The van der Waals surface area contributed by atoms with Gasteiger partial charge in [0.2, 0.25) is 0 Å². The average molecular weight is 469 g/mol. The number of alkyl halides is 3. The van der Waals surface area contributed by atoms with Gasteiger partial charge in [0.25, 0.3) is 0 Å². The molecule has 1 aromatic carbocycles. The van der Waals surface area contributed by atoms with Crippen LogP contribution in [0.2, 0.25) is 0 Å². The molecule has 188 valence electrons. The van der Waals surface area contributed by atoms with Crippen LogP contribution in [-0.2, 0) is 0 Å². The van der Waals surface area contributed by atoms with E-state index >= 15 is 0 Å². The van der Waals surface area contributed by atoms with Crippen molar-refractivity contribution in [3.05, 3.63) is 24.3 Å². The van der Waals surface area contributed by atoms with Crippen LogP contribution < -0.4 is 9.47 Å². The van der Waals surface area contributed by atoms with E-state index in [0.29, 0.717) is 18.3 Å². The van der Waals surface area contributed by atoms with E-state index in [-0.39, 0.29) is 5.75 Å². The first kappa shape index (κ1) is 26.2. The lowest BCUT2D eigenvalue weighted by molar-refractivity contribution is -0.274. The van der Waals surface area contributed by atoms with Crippen LogP contribution in [-0.4, -0.2) is 13.0 Å².